The molecule has 88 valence electrons. The average Bonchev–Trinajstić information content (AvgIpc) is 2.91. The zero-order chi connectivity index (χ0) is 12.3. The molecule has 0 spiro atoms. The van der Waals surface area contributed by atoms with Gasteiger partial charge in [0.05, 0.1) is 16.7 Å². The number of nitrogens with one attached hydrogen (secondary N) is 1. The maximum absolute atomic E-state index is 4.82. The van der Waals surface area contributed by atoms with Crippen LogP contribution in [-0.4, -0.2) is 9.97 Å². The van der Waals surface area contributed by atoms with Crippen molar-refractivity contribution in [1.82, 2.24) is 9.97 Å². The minimum atomic E-state index is 0.0399. The van der Waals surface area contributed by atoms with Crippen molar-refractivity contribution in [3.05, 3.63) is 53.7 Å². The second-order valence-corrected chi connectivity index (χ2v) is 5.47. The highest BCUT2D eigenvalue weighted by atomic mass is 14.8. The summed E-state index contributed by atoms with van der Waals surface area (Å²) in [5, 5.41) is 0. The number of nitrogens with zero attached hydrogens (tertiary/aromatic N) is 1. The fraction of sp³-hybridized carbons (Fsp3) is 0.188. The predicted octanol–water partition coefficient (Wildman–Crippen LogP) is 3.87. The van der Waals surface area contributed by atoms with Crippen LogP contribution in [0.5, 0.6) is 0 Å². The molecular weight excluding hydrogens is 220 g/mol. The van der Waals surface area contributed by atoms with Crippen molar-refractivity contribution in [2.24, 2.45) is 0 Å². The molecule has 0 amide bonds. The van der Waals surface area contributed by atoms with E-state index in [1.54, 1.807) is 0 Å². The maximum atomic E-state index is 4.82. The Kier molecular flexibility index (Phi) is 1.66. The van der Waals surface area contributed by atoms with E-state index in [0.717, 1.165) is 16.7 Å². The van der Waals surface area contributed by atoms with Crippen LogP contribution in [0.15, 0.2) is 42.6 Å². The first-order valence-corrected chi connectivity index (χ1v) is 6.26. The van der Waals surface area contributed by atoms with Gasteiger partial charge in [-0.25, -0.2) is 4.98 Å². The molecule has 1 aliphatic carbocycles. The van der Waals surface area contributed by atoms with Gasteiger partial charge in [-0.3, -0.25) is 0 Å². The Hall–Kier alpha value is -2.09. The number of rotatable bonds is 0. The van der Waals surface area contributed by atoms with Crippen molar-refractivity contribution in [3.8, 4) is 11.3 Å². The SMILES string of the molecule is CC1(C)c2ccccc2-c2nc3cc[nH]c3cc21. The molecule has 1 aromatic carbocycles. The summed E-state index contributed by atoms with van der Waals surface area (Å²) in [5.74, 6) is 0. The van der Waals surface area contributed by atoms with Crippen LogP contribution in [0.1, 0.15) is 25.0 Å². The van der Waals surface area contributed by atoms with Gasteiger partial charge in [-0.1, -0.05) is 38.1 Å². The van der Waals surface area contributed by atoms with Crippen LogP contribution >= 0.6 is 0 Å². The largest absolute Gasteiger partial charge is 0.360 e. The van der Waals surface area contributed by atoms with E-state index in [2.05, 4.69) is 49.2 Å². The van der Waals surface area contributed by atoms with Gasteiger partial charge in [0.1, 0.15) is 0 Å². The van der Waals surface area contributed by atoms with Crippen LogP contribution in [0.25, 0.3) is 22.3 Å². The van der Waals surface area contributed by atoms with Crippen LogP contribution in [0.2, 0.25) is 0 Å². The van der Waals surface area contributed by atoms with E-state index in [4.69, 9.17) is 4.98 Å². The molecule has 2 heterocycles. The lowest BCUT2D eigenvalue weighted by Gasteiger charge is -2.20. The number of H-pyrrole nitrogens is 1. The van der Waals surface area contributed by atoms with E-state index in [0.29, 0.717) is 0 Å². The number of benzene rings is 1. The van der Waals surface area contributed by atoms with Crippen LogP contribution in [0.3, 0.4) is 0 Å². The van der Waals surface area contributed by atoms with Crippen molar-refractivity contribution in [2.75, 3.05) is 0 Å². The number of pyridine rings is 1. The van der Waals surface area contributed by atoms with Gasteiger partial charge in [-0.2, -0.15) is 0 Å². The number of fused-ring (bicyclic) bond motifs is 4. The first-order chi connectivity index (χ1) is 8.68. The molecule has 0 unspecified atom stereocenters. The van der Waals surface area contributed by atoms with Crippen molar-refractivity contribution >= 4 is 11.0 Å². The van der Waals surface area contributed by atoms with E-state index < -0.39 is 0 Å². The van der Waals surface area contributed by atoms with E-state index in [1.165, 1.54) is 16.7 Å². The van der Waals surface area contributed by atoms with Crippen LogP contribution in [0.4, 0.5) is 0 Å². The number of hydrogen-bond donors (Lipinski definition) is 1. The highest BCUT2D eigenvalue weighted by Crippen LogP contribution is 2.48. The standard InChI is InChI=1S/C16H14N2/c1-16(2)11-6-4-3-5-10(11)15-12(16)9-14-13(18-15)7-8-17-14/h3-9,17H,1-2H3. The Morgan fingerprint density at radius 3 is 2.78 bits per heavy atom. The number of hydrogen-bond acceptors (Lipinski definition) is 1. The summed E-state index contributed by atoms with van der Waals surface area (Å²) in [6, 6.07) is 12.9. The van der Waals surface area contributed by atoms with Crippen molar-refractivity contribution in [2.45, 2.75) is 19.3 Å². The molecule has 2 heteroatoms. The van der Waals surface area contributed by atoms with Crippen LogP contribution in [0, 0.1) is 0 Å². The fourth-order valence-corrected chi connectivity index (χ4v) is 3.04. The monoisotopic (exact) mass is 234 g/mol. The van der Waals surface area contributed by atoms with Gasteiger partial charge in [0, 0.05) is 17.2 Å². The zero-order valence-electron chi connectivity index (χ0n) is 10.5. The van der Waals surface area contributed by atoms with Gasteiger partial charge in [0.25, 0.3) is 0 Å². The molecule has 4 rings (SSSR count). The van der Waals surface area contributed by atoms with Gasteiger partial charge in [-0.15, -0.1) is 0 Å². The normalized spacial score (nSPS) is 15.7. The van der Waals surface area contributed by atoms with Crippen molar-refractivity contribution < 1.29 is 0 Å². The third kappa shape index (κ3) is 1.05. The van der Waals surface area contributed by atoms with E-state index in [1.807, 2.05) is 12.3 Å². The smallest absolute Gasteiger partial charge is 0.0886 e. The number of aromatic nitrogens is 2. The molecule has 18 heavy (non-hydrogen) atoms. The Bertz CT molecular complexity index is 766. The third-order valence-corrected chi connectivity index (χ3v) is 4.06. The third-order valence-electron chi connectivity index (χ3n) is 4.06. The molecule has 3 aromatic rings. The summed E-state index contributed by atoms with van der Waals surface area (Å²) in [5.41, 5.74) is 7.32. The second kappa shape index (κ2) is 3.02. The minimum absolute atomic E-state index is 0.0399. The summed E-state index contributed by atoms with van der Waals surface area (Å²) < 4.78 is 0. The highest BCUT2D eigenvalue weighted by molar-refractivity contribution is 5.86. The summed E-state index contributed by atoms with van der Waals surface area (Å²) in [7, 11) is 0. The highest BCUT2D eigenvalue weighted by Gasteiger charge is 2.36. The van der Waals surface area contributed by atoms with Gasteiger partial charge in [0.2, 0.25) is 0 Å². The molecular formula is C16H14N2. The molecule has 0 fully saturated rings. The topological polar surface area (TPSA) is 28.7 Å². The summed E-state index contributed by atoms with van der Waals surface area (Å²) in [6.45, 7) is 4.54. The molecule has 0 bridgehead atoms. The van der Waals surface area contributed by atoms with E-state index >= 15 is 0 Å². The number of aromatic amines is 1. The fourth-order valence-electron chi connectivity index (χ4n) is 3.04. The molecule has 0 aliphatic heterocycles. The lowest BCUT2D eigenvalue weighted by Crippen LogP contribution is -2.14. The lowest BCUT2D eigenvalue weighted by molar-refractivity contribution is 0.660. The molecule has 1 aliphatic rings. The summed E-state index contributed by atoms with van der Waals surface area (Å²) in [6.07, 6.45) is 1.95. The molecule has 0 atom stereocenters. The molecule has 0 saturated heterocycles. The first kappa shape index (κ1) is 9.89. The van der Waals surface area contributed by atoms with Gasteiger partial charge < -0.3 is 4.98 Å². The molecule has 0 radical (unpaired) electrons. The Balaban J connectivity index is 2.16. The summed E-state index contributed by atoms with van der Waals surface area (Å²) in [4.78, 5) is 8.07. The molecule has 1 N–H and O–H groups in total. The Morgan fingerprint density at radius 1 is 1.06 bits per heavy atom. The maximum Gasteiger partial charge on any atom is 0.0886 e. The second-order valence-electron chi connectivity index (χ2n) is 5.47. The zero-order valence-corrected chi connectivity index (χ0v) is 10.5. The van der Waals surface area contributed by atoms with Crippen molar-refractivity contribution in [3.63, 3.8) is 0 Å². The molecule has 2 aromatic heterocycles. The molecule has 0 saturated carbocycles. The Morgan fingerprint density at radius 2 is 1.89 bits per heavy atom. The quantitative estimate of drug-likeness (QED) is 0.628. The first-order valence-electron chi connectivity index (χ1n) is 6.26. The Labute approximate surface area is 106 Å². The van der Waals surface area contributed by atoms with E-state index in [-0.39, 0.29) is 5.41 Å². The van der Waals surface area contributed by atoms with Crippen molar-refractivity contribution in [1.29, 1.82) is 0 Å². The van der Waals surface area contributed by atoms with Crippen LogP contribution < -0.4 is 0 Å². The van der Waals surface area contributed by atoms with Gasteiger partial charge >= 0.3 is 0 Å². The summed E-state index contributed by atoms with van der Waals surface area (Å²) >= 11 is 0. The van der Waals surface area contributed by atoms with Gasteiger partial charge in [0.15, 0.2) is 0 Å². The molecule has 2 nitrogen and oxygen atoms in total. The van der Waals surface area contributed by atoms with Gasteiger partial charge in [-0.05, 0) is 23.3 Å². The average molecular weight is 234 g/mol. The minimum Gasteiger partial charge on any atom is -0.360 e. The van der Waals surface area contributed by atoms with E-state index in [9.17, 15) is 0 Å². The lowest BCUT2D eigenvalue weighted by atomic mass is 9.83. The predicted molar refractivity (Wildman–Crippen MR) is 73.7 cm³/mol. The van der Waals surface area contributed by atoms with Crippen LogP contribution in [-0.2, 0) is 5.41 Å².